The zero-order valence-corrected chi connectivity index (χ0v) is 17.9. The van der Waals surface area contributed by atoms with Crippen molar-refractivity contribution in [2.24, 2.45) is 5.92 Å². The number of alkyl halides is 5. The Morgan fingerprint density at radius 1 is 1.06 bits per heavy atom. The maximum absolute atomic E-state index is 13.1. The number of carbonyl (C=O) groups excluding carboxylic acids is 2. The highest BCUT2D eigenvalue weighted by Crippen LogP contribution is 2.37. The lowest BCUT2D eigenvalue weighted by atomic mass is 10.0. The molecule has 1 amide bonds. The summed E-state index contributed by atoms with van der Waals surface area (Å²) in [6.07, 6.45) is -11.1. The third kappa shape index (κ3) is 6.48. The second kappa shape index (κ2) is 9.62. The Balaban J connectivity index is 2.16. The number of rotatable bonds is 8. The van der Waals surface area contributed by atoms with Gasteiger partial charge in [-0.05, 0) is 43.7 Å². The molecule has 10 heteroatoms. The lowest BCUT2D eigenvalue weighted by Gasteiger charge is -2.21. The van der Waals surface area contributed by atoms with Crippen molar-refractivity contribution in [3.63, 3.8) is 0 Å². The van der Waals surface area contributed by atoms with Gasteiger partial charge < -0.3 is 10.1 Å². The van der Waals surface area contributed by atoms with E-state index in [4.69, 9.17) is 0 Å². The van der Waals surface area contributed by atoms with Crippen LogP contribution >= 0.6 is 0 Å². The molecule has 1 heterocycles. The Hall–Kier alpha value is -3.04. The molecule has 0 unspecified atom stereocenters. The maximum Gasteiger partial charge on any atom is 0.499 e. The van der Waals surface area contributed by atoms with Crippen molar-refractivity contribution < 1.29 is 36.3 Å². The molecule has 0 spiro atoms. The minimum atomic E-state index is -5.86. The number of hydrogen-bond donors (Lipinski definition) is 1. The molecule has 0 saturated heterocycles. The van der Waals surface area contributed by atoms with Crippen molar-refractivity contribution in [1.82, 2.24) is 10.3 Å². The highest BCUT2D eigenvalue weighted by Gasteiger charge is 2.61. The van der Waals surface area contributed by atoms with E-state index in [-0.39, 0.29) is 29.2 Å². The van der Waals surface area contributed by atoms with E-state index in [1.807, 2.05) is 0 Å². The quantitative estimate of drug-likeness (QED) is 0.554. The van der Waals surface area contributed by atoms with E-state index in [1.54, 1.807) is 20.8 Å². The van der Waals surface area contributed by atoms with Crippen LogP contribution in [-0.2, 0) is 11.2 Å². The van der Waals surface area contributed by atoms with Crippen molar-refractivity contribution in [3.8, 4) is 5.75 Å². The molecule has 0 aliphatic heterocycles. The normalized spacial score (nSPS) is 13.1. The SMILES string of the molecule is Cc1cc(C(=O)N[C@H](C)c2cccc(OC(F)(F)C(F)(F)F)c2)cc(CC(=O)C(C)C)n1. The number of ether oxygens (including phenoxy) is 1. The van der Waals surface area contributed by atoms with E-state index >= 15 is 0 Å². The maximum atomic E-state index is 13.1. The summed E-state index contributed by atoms with van der Waals surface area (Å²) < 4.78 is 67.2. The molecule has 1 aromatic heterocycles. The van der Waals surface area contributed by atoms with Crippen molar-refractivity contribution in [2.75, 3.05) is 0 Å². The van der Waals surface area contributed by atoms with Crippen LogP contribution in [0, 0.1) is 12.8 Å². The first-order chi connectivity index (χ1) is 14.7. The zero-order valence-electron chi connectivity index (χ0n) is 17.9. The number of aromatic nitrogens is 1. The molecule has 5 nitrogen and oxygen atoms in total. The van der Waals surface area contributed by atoms with Crippen LogP contribution in [0.4, 0.5) is 22.0 Å². The van der Waals surface area contributed by atoms with Crippen LogP contribution in [0.1, 0.15) is 54.1 Å². The molecule has 0 fully saturated rings. The van der Waals surface area contributed by atoms with Crippen molar-refractivity contribution in [3.05, 3.63) is 58.9 Å². The first-order valence-corrected chi connectivity index (χ1v) is 9.74. The standard InChI is InChI=1S/C22H23F5N2O3/c1-12(2)19(30)11-17-9-16(8-13(3)28-17)20(31)29-14(4)15-6-5-7-18(10-15)32-22(26,27)21(23,24)25/h5-10,12,14H,11H2,1-4H3,(H,29,31)/t14-/m1/s1. The third-order valence-electron chi connectivity index (χ3n) is 4.55. The van der Waals surface area contributed by atoms with Gasteiger partial charge in [0.25, 0.3) is 5.91 Å². The first-order valence-electron chi connectivity index (χ1n) is 9.74. The molecule has 0 radical (unpaired) electrons. The highest BCUT2D eigenvalue weighted by atomic mass is 19.4. The Morgan fingerprint density at radius 2 is 1.72 bits per heavy atom. The predicted octanol–water partition coefficient (Wildman–Crippen LogP) is 5.18. The van der Waals surface area contributed by atoms with Crippen LogP contribution in [0.5, 0.6) is 5.75 Å². The fraction of sp³-hybridized carbons (Fsp3) is 0.409. The average Bonchev–Trinajstić information content (AvgIpc) is 2.66. The van der Waals surface area contributed by atoms with Crippen LogP contribution in [-0.4, -0.2) is 29.0 Å². The van der Waals surface area contributed by atoms with Gasteiger partial charge in [0.2, 0.25) is 0 Å². The summed E-state index contributed by atoms with van der Waals surface area (Å²) in [6, 6.07) is 6.92. The number of halogens is 5. The van der Waals surface area contributed by atoms with E-state index < -0.39 is 30.0 Å². The summed E-state index contributed by atoms with van der Waals surface area (Å²) in [4.78, 5) is 28.9. The lowest BCUT2D eigenvalue weighted by Crippen LogP contribution is -2.41. The molecule has 2 rings (SSSR count). The van der Waals surface area contributed by atoms with Crippen molar-refractivity contribution >= 4 is 11.7 Å². The lowest BCUT2D eigenvalue weighted by molar-refractivity contribution is -0.360. The molecule has 0 aliphatic carbocycles. The molecule has 0 saturated carbocycles. The Morgan fingerprint density at radius 3 is 2.31 bits per heavy atom. The molecule has 0 aliphatic rings. The second-order valence-corrected chi connectivity index (χ2v) is 7.67. The molecule has 1 N–H and O–H groups in total. The highest BCUT2D eigenvalue weighted by molar-refractivity contribution is 5.95. The number of nitrogens with zero attached hydrogens (tertiary/aromatic N) is 1. The molecule has 174 valence electrons. The molecular weight excluding hydrogens is 435 g/mol. The minimum Gasteiger partial charge on any atom is -0.426 e. The van der Waals surface area contributed by atoms with Crippen LogP contribution in [0.2, 0.25) is 0 Å². The van der Waals surface area contributed by atoms with Gasteiger partial charge in [-0.3, -0.25) is 14.6 Å². The number of benzene rings is 1. The van der Waals surface area contributed by atoms with Gasteiger partial charge >= 0.3 is 12.3 Å². The molecule has 1 atom stereocenters. The van der Waals surface area contributed by atoms with Crippen LogP contribution < -0.4 is 10.1 Å². The minimum absolute atomic E-state index is 0.0321. The summed E-state index contributed by atoms with van der Waals surface area (Å²) in [5.41, 5.74) is 1.47. The molecule has 0 bridgehead atoms. The number of ketones is 1. The predicted molar refractivity (Wildman–Crippen MR) is 106 cm³/mol. The number of Topliss-reactive ketones (excluding diaryl/α,β-unsaturated/α-hetero) is 1. The number of nitrogens with one attached hydrogen (secondary N) is 1. The van der Waals surface area contributed by atoms with Crippen LogP contribution in [0.3, 0.4) is 0 Å². The molecule has 1 aromatic carbocycles. The fourth-order valence-electron chi connectivity index (χ4n) is 2.76. The summed E-state index contributed by atoms with van der Waals surface area (Å²) in [7, 11) is 0. The van der Waals surface area contributed by atoms with Crippen molar-refractivity contribution in [2.45, 2.75) is 52.4 Å². The van der Waals surface area contributed by atoms with E-state index in [2.05, 4.69) is 15.0 Å². The molecule has 32 heavy (non-hydrogen) atoms. The van der Waals surface area contributed by atoms with Gasteiger partial charge in [-0.1, -0.05) is 26.0 Å². The van der Waals surface area contributed by atoms with Gasteiger partial charge in [-0.2, -0.15) is 22.0 Å². The topological polar surface area (TPSA) is 68.3 Å². The van der Waals surface area contributed by atoms with E-state index in [1.165, 1.54) is 31.2 Å². The number of aryl methyl sites for hydroxylation is 1. The Bertz CT molecular complexity index is 990. The fourth-order valence-corrected chi connectivity index (χ4v) is 2.76. The van der Waals surface area contributed by atoms with Crippen molar-refractivity contribution in [1.29, 1.82) is 0 Å². The summed E-state index contributed by atoms with van der Waals surface area (Å²) in [5, 5.41) is 2.65. The Labute approximate surface area is 182 Å². The van der Waals surface area contributed by atoms with Gasteiger partial charge in [-0.25, -0.2) is 0 Å². The van der Waals surface area contributed by atoms with Gasteiger partial charge in [0.05, 0.1) is 6.04 Å². The second-order valence-electron chi connectivity index (χ2n) is 7.67. The number of pyridine rings is 1. The van der Waals surface area contributed by atoms with Crippen LogP contribution in [0.25, 0.3) is 0 Å². The van der Waals surface area contributed by atoms with Gasteiger partial charge in [0, 0.05) is 29.3 Å². The first kappa shape index (κ1) is 25.2. The smallest absolute Gasteiger partial charge is 0.426 e. The monoisotopic (exact) mass is 458 g/mol. The number of amides is 1. The summed E-state index contributed by atoms with van der Waals surface area (Å²) in [5.74, 6) is -1.43. The molecule has 2 aromatic rings. The van der Waals surface area contributed by atoms with Gasteiger partial charge in [-0.15, -0.1) is 0 Å². The number of carbonyl (C=O) groups is 2. The van der Waals surface area contributed by atoms with Crippen LogP contribution in [0.15, 0.2) is 36.4 Å². The Kier molecular flexibility index (Phi) is 7.58. The number of hydrogen-bond acceptors (Lipinski definition) is 4. The third-order valence-corrected chi connectivity index (χ3v) is 4.55. The van der Waals surface area contributed by atoms with E-state index in [0.717, 1.165) is 12.1 Å². The van der Waals surface area contributed by atoms with Gasteiger partial charge in [0.1, 0.15) is 11.5 Å². The zero-order chi connectivity index (χ0) is 24.3. The largest absolute Gasteiger partial charge is 0.499 e. The summed E-state index contributed by atoms with van der Waals surface area (Å²) >= 11 is 0. The van der Waals surface area contributed by atoms with E-state index in [0.29, 0.717) is 11.4 Å². The summed E-state index contributed by atoms with van der Waals surface area (Å²) in [6.45, 7) is 6.73. The molecular formula is C22H23F5N2O3. The van der Waals surface area contributed by atoms with E-state index in [9.17, 15) is 31.5 Å². The average molecular weight is 458 g/mol. The van der Waals surface area contributed by atoms with Gasteiger partial charge in [0.15, 0.2) is 0 Å².